The second kappa shape index (κ2) is 4.01. The van der Waals surface area contributed by atoms with E-state index in [1.807, 2.05) is 24.5 Å². The van der Waals surface area contributed by atoms with Gasteiger partial charge in [0.2, 0.25) is 0 Å². The molecule has 2 N–H and O–H groups in total. The first kappa shape index (κ1) is 7.22. The molecule has 1 aromatic rings. The van der Waals surface area contributed by atoms with E-state index in [0.29, 0.717) is 0 Å². The van der Waals surface area contributed by atoms with Crippen molar-refractivity contribution in [2.75, 3.05) is 6.54 Å². The first-order valence-corrected chi connectivity index (χ1v) is 3.52. The zero-order chi connectivity index (χ0) is 7.23. The summed E-state index contributed by atoms with van der Waals surface area (Å²) in [5, 5.41) is 0. The van der Waals surface area contributed by atoms with Gasteiger partial charge in [0.15, 0.2) is 0 Å². The lowest BCUT2D eigenvalue weighted by Gasteiger charge is -1.96. The van der Waals surface area contributed by atoms with Crippen LogP contribution in [0.15, 0.2) is 24.5 Å². The van der Waals surface area contributed by atoms with Crippen molar-refractivity contribution < 1.29 is 0 Å². The second-order valence-corrected chi connectivity index (χ2v) is 2.25. The number of hydrogen-bond acceptors (Lipinski definition) is 2. The highest BCUT2D eigenvalue weighted by atomic mass is 14.6. The third-order valence-corrected chi connectivity index (χ3v) is 1.42. The summed E-state index contributed by atoms with van der Waals surface area (Å²) in [4.78, 5) is 3.92. The molecule has 0 aliphatic rings. The van der Waals surface area contributed by atoms with E-state index in [1.54, 1.807) is 0 Å². The van der Waals surface area contributed by atoms with Crippen LogP contribution in [-0.4, -0.2) is 11.5 Å². The van der Waals surface area contributed by atoms with Crippen LogP contribution in [0.1, 0.15) is 12.0 Å². The highest BCUT2D eigenvalue weighted by Gasteiger charge is 1.88. The fraction of sp³-hybridized carbons (Fsp3) is 0.375. The predicted octanol–water partition coefficient (Wildman–Crippen LogP) is 0.973. The van der Waals surface area contributed by atoms with Gasteiger partial charge in [-0.05, 0) is 37.1 Å². The number of nitrogens with zero attached hydrogens (tertiary/aromatic N) is 1. The molecule has 54 valence electrons. The van der Waals surface area contributed by atoms with Crippen LogP contribution in [0.4, 0.5) is 0 Å². The van der Waals surface area contributed by atoms with Crippen molar-refractivity contribution >= 4 is 0 Å². The molecule has 1 heterocycles. The van der Waals surface area contributed by atoms with Gasteiger partial charge in [-0.3, -0.25) is 4.98 Å². The summed E-state index contributed by atoms with van der Waals surface area (Å²) in [5.74, 6) is 0. The first-order chi connectivity index (χ1) is 4.93. The van der Waals surface area contributed by atoms with Crippen molar-refractivity contribution in [2.45, 2.75) is 12.8 Å². The van der Waals surface area contributed by atoms with Crippen molar-refractivity contribution in [2.24, 2.45) is 5.73 Å². The minimum atomic E-state index is 0.766. The lowest BCUT2D eigenvalue weighted by Crippen LogP contribution is -2.00. The molecule has 0 aliphatic carbocycles. The maximum absolute atomic E-state index is 5.36. The maximum atomic E-state index is 5.36. The smallest absolute Gasteiger partial charge is 0.0270 e. The molecular formula is C8H12N2. The zero-order valence-corrected chi connectivity index (χ0v) is 5.96. The number of hydrogen-bond donors (Lipinski definition) is 1. The summed E-state index contributed by atoms with van der Waals surface area (Å²) in [7, 11) is 0. The van der Waals surface area contributed by atoms with Gasteiger partial charge < -0.3 is 5.73 Å². The van der Waals surface area contributed by atoms with Crippen LogP contribution < -0.4 is 5.73 Å². The molecule has 10 heavy (non-hydrogen) atoms. The fourth-order valence-electron chi connectivity index (χ4n) is 0.856. The minimum absolute atomic E-state index is 0.766. The third-order valence-electron chi connectivity index (χ3n) is 1.42. The minimum Gasteiger partial charge on any atom is -0.330 e. The van der Waals surface area contributed by atoms with Gasteiger partial charge in [0, 0.05) is 12.4 Å². The van der Waals surface area contributed by atoms with Crippen LogP contribution in [0, 0.1) is 0 Å². The molecule has 0 spiro atoms. The molecule has 0 radical (unpaired) electrons. The Bertz CT molecular complexity index is 172. The lowest BCUT2D eigenvalue weighted by molar-refractivity contribution is 0.831. The molecule has 0 aromatic carbocycles. The normalized spacial score (nSPS) is 9.70. The summed E-state index contributed by atoms with van der Waals surface area (Å²) >= 11 is 0. The number of nitrogens with two attached hydrogens (primary N) is 1. The van der Waals surface area contributed by atoms with Gasteiger partial charge in [-0.15, -0.1) is 0 Å². The molecule has 2 heteroatoms. The van der Waals surface area contributed by atoms with Crippen LogP contribution in [0.2, 0.25) is 0 Å². The Morgan fingerprint density at radius 3 is 2.60 bits per heavy atom. The van der Waals surface area contributed by atoms with Crippen molar-refractivity contribution in [3.8, 4) is 0 Å². The van der Waals surface area contributed by atoms with E-state index in [0.717, 1.165) is 19.4 Å². The van der Waals surface area contributed by atoms with Crippen LogP contribution in [-0.2, 0) is 6.42 Å². The third kappa shape index (κ3) is 2.15. The Balaban J connectivity index is 2.43. The van der Waals surface area contributed by atoms with Crippen molar-refractivity contribution in [3.63, 3.8) is 0 Å². The quantitative estimate of drug-likeness (QED) is 0.672. The zero-order valence-electron chi connectivity index (χ0n) is 5.96. The van der Waals surface area contributed by atoms with Crippen molar-refractivity contribution in [3.05, 3.63) is 30.1 Å². The molecular weight excluding hydrogens is 124 g/mol. The molecule has 1 aromatic heterocycles. The standard InChI is InChI=1S/C8H12N2/c9-5-1-2-8-3-6-10-7-4-8/h3-4,6-7H,1-2,5,9H2. The van der Waals surface area contributed by atoms with Crippen LogP contribution >= 0.6 is 0 Å². The topological polar surface area (TPSA) is 38.9 Å². The van der Waals surface area contributed by atoms with Gasteiger partial charge >= 0.3 is 0 Å². The SMILES string of the molecule is NCCCc1ccncc1. The summed E-state index contributed by atoms with van der Waals surface area (Å²) in [5.41, 5.74) is 6.68. The molecule has 0 bridgehead atoms. The molecule has 0 fully saturated rings. The number of aromatic nitrogens is 1. The largest absolute Gasteiger partial charge is 0.330 e. The lowest BCUT2D eigenvalue weighted by atomic mass is 10.1. The molecule has 2 nitrogen and oxygen atoms in total. The van der Waals surface area contributed by atoms with E-state index >= 15 is 0 Å². The van der Waals surface area contributed by atoms with E-state index in [1.165, 1.54) is 5.56 Å². The predicted molar refractivity (Wildman–Crippen MR) is 41.6 cm³/mol. The Labute approximate surface area is 61.1 Å². The van der Waals surface area contributed by atoms with Crippen LogP contribution in [0.5, 0.6) is 0 Å². The summed E-state index contributed by atoms with van der Waals surface area (Å²) in [6, 6.07) is 4.05. The summed E-state index contributed by atoms with van der Waals surface area (Å²) in [6.45, 7) is 0.766. The van der Waals surface area contributed by atoms with Gasteiger partial charge in [-0.25, -0.2) is 0 Å². The molecule has 0 atom stereocenters. The van der Waals surface area contributed by atoms with E-state index in [-0.39, 0.29) is 0 Å². The molecule has 1 rings (SSSR count). The van der Waals surface area contributed by atoms with Crippen LogP contribution in [0.25, 0.3) is 0 Å². The monoisotopic (exact) mass is 136 g/mol. The maximum Gasteiger partial charge on any atom is 0.0270 e. The van der Waals surface area contributed by atoms with E-state index in [9.17, 15) is 0 Å². The Hall–Kier alpha value is -0.890. The van der Waals surface area contributed by atoms with E-state index in [2.05, 4.69) is 4.98 Å². The molecule has 0 saturated heterocycles. The van der Waals surface area contributed by atoms with E-state index < -0.39 is 0 Å². The van der Waals surface area contributed by atoms with Crippen molar-refractivity contribution in [1.82, 2.24) is 4.98 Å². The van der Waals surface area contributed by atoms with Gasteiger partial charge in [-0.2, -0.15) is 0 Å². The molecule has 0 aliphatic heterocycles. The van der Waals surface area contributed by atoms with Gasteiger partial charge in [0.05, 0.1) is 0 Å². The Morgan fingerprint density at radius 1 is 1.30 bits per heavy atom. The highest BCUT2D eigenvalue weighted by Crippen LogP contribution is 1.98. The fourth-order valence-corrected chi connectivity index (χ4v) is 0.856. The average molecular weight is 136 g/mol. The van der Waals surface area contributed by atoms with Crippen LogP contribution in [0.3, 0.4) is 0 Å². The van der Waals surface area contributed by atoms with Gasteiger partial charge in [-0.1, -0.05) is 0 Å². The first-order valence-electron chi connectivity index (χ1n) is 3.52. The second-order valence-electron chi connectivity index (χ2n) is 2.25. The molecule has 0 saturated carbocycles. The highest BCUT2D eigenvalue weighted by molar-refractivity contribution is 5.09. The molecule has 0 unspecified atom stereocenters. The van der Waals surface area contributed by atoms with Gasteiger partial charge in [0.1, 0.15) is 0 Å². The number of rotatable bonds is 3. The van der Waals surface area contributed by atoms with Crippen molar-refractivity contribution in [1.29, 1.82) is 0 Å². The summed E-state index contributed by atoms with van der Waals surface area (Å²) < 4.78 is 0. The van der Waals surface area contributed by atoms with Gasteiger partial charge in [0.25, 0.3) is 0 Å². The summed E-state index contributed by atoms with van der Waals surface area (Å²) in [6.07, 6.45) is 5.75. The average Bonchev–Trinajstić information content (AvgIpc) is 2.03. The Morgan fingerprint density at radius 2 is 2.00 bits per heavy atom. The number of aryl methyl sites for hydroxylation is 1. The van der Waals surface area contributed by atoms with E-state index in [4.69, 9.17) is 5.73 Å². The molecule has 0 amide bonds. The Kier molecular flexibility index (Phi) is 2.90. The number of pyridine rings is 1.